The molecule has 7 nitrogen and oxygen atoms in total. The van der Waals surface area contributed by atoms with Crippen LogP contribution in [0.25, 0.3) is 0 Å². The molecule has 0 aromatic rings. The lowest BCUT2D eigenvalue weighted by molar-refractivity contribution is -0.829. The van der Waals surface area contributed by atoms with Crippen molar-refractivity contribution in [2.75, 3.05) is 39.4 Å². The Balaban J connectivity index is 2.44. The van der Waals surface area contributed by atoms with Gasteiger partial charge in [0.1, 0.15) is 19.7 Å². The van der Waals surface area contributed by atoms with Crippen LogP contribution in [0.4, 0.5) is 0 Å². The molecule has 2 N–H and O–H groups in total. The zero-order chi connectivity index (χ0) is 18.5. The average Bonchev–Trinajstić information content (AvgIpc) is 2.92. The van der Waals surface area contributed by atoms with Gasteiger partial charge in [0.25, 0.3) is 0 Å². The fraction of sp³-hybridized carbons (Fsp3) is 0.833. The van der Waals surface area contributed by atoms with Gasteiger partial charge >= 0.3 is 11.9 Å². The molecule has 0 saturated carbocycles. The van der Waals surface area contributed by atoms with E-state index in [1.54, 1.807) is 0 Å². The largest absolute Gasteiger partial charge is 0.480 e. The van der Waals surface area contributed by atoms with E-state index in [1.807, 2.05) is 0 Å². The van der Waals surface area contributed by atoms with Gasteiger partial charge in [0.2, 0.25) is 0 Å². The number of unbranched alkanes of at least 4 members (excludes halogenated alkanes) is 6. The Morgan fingerprint density at radius 2 is 1.76 bits per heavy atom. The molecule has 0 fully saturated rings. The van der Waals surface area contributed by atoms with Crippen LogP contribution in [0.5, 0.6) is 0 Å². The molecule has 144 valence electrons. The maximum Gasteiger partial charge on any atom is 0.359 e. The molecule has 0 aliphatic carbocycles. The van der Waals surface area contributed by atoms with Crippen molar-refractivity contribution in [3.8, 4) is 0 Å². The van der Waals surface area contributed by atoms with Crippen LogP contribution in [-0.4, -0.2) is 71.9 Å². The number of ether oxygens (including phenoxy) is 1. The van der Waals surface area contributed by atoms with E-state index >= 15 is 0 Å². The van der Waals surface area contributed by atoms with Gasteiger partial charge in [-0.05, 0) is 6.42 Å². The Morgan fingerprint density at radius 1 is 1.08 bits per heavy atom. The Morgan fingerprint density at radius 3 is 2.40 bits per heavy atom. The van der Waals surface area contributed by atoms with Crippen LogP contribution in [0, 0.1) is 0 Å². The summed E-state index contributed by atoms with van der Waals surface area (Å²) < 4.78 is 5.44. The van der Waals surface area contributed by atoms with Gasteiger partial charge in [-0.25, -0.2) is 14.6 Å². The highest BCUT2D eigenvalue weighted by atomic mass is 16.5. The molecule has 0 bridgehead atoms. The first-order valence-electron chi connectivity index (χ1n) is 9.41. The van der Waals surface area contributed by atoms with Crippen molar-refractivity contribution in [2.45, 2.75) is 58.3 Å². The number of hydrogen-bond acceptors (Lipinski definition) is 4. The number of carbonyl (C=O) groups is 2. The highest BCUT2D eigenvalue weighted by Gasteiger charge is 2.39. The molecule has 0 aromatic heterocycles. The molecule has 1 atom stereocenters. The van der Waals surface area contributed by atoms with Crippen LogP contribution >= 0.6 is 0 Å². The second-order valence-electron chi connectivity index (χ2n) is 6.76. The summed E-state index contributed by atoms with van der Waals surface area (Å²) in [7, 11) is 0. The van der Waals surface area contributed by atoms with E-state index in [4.69, 9.17) is 9.84 Å². The van der Waals surface area contributed by atoms with Crippen LogP contribution < -0.4 is 0 Å². The van der Waals surface area contributed by atoms with E-state index in [9.17, 15) is 14.7 Å². The third kappa shape index (κ3) is 8.45. The van der Waals surface area contributed by atoms with Gasteiger partial charge < -0.3 is 14.9 Å². The summed E-state index contributed by atoms with van der Waals surface area (Å²) in [6.07, 6.45) is 9.30. The number of rotatable bonds is 15. The molecule has 0 amide bonds. The van der Waals surface area contributed by atoms with E-state index in [2.05, 4.69) is 11.9 Å². The zero-order valence-corrected chi connectivity index (χ0v) is 15.4. The van der Waals surface area contributed by atoms with Crippen LogP contribution in [0.1, 0.15) is 58.3 Å². The topological polar surface area (TPSA) is 96.2 Å². The molecule has 1 unspecified atom stereocenters. The molecular formula is C18H33N2O5+. The second kappa shape index (κ2) is 12.0. The lowest BCUT2D eigenvalue weighted by Crippen LogP contribution is -2.55. The van der Waals surface area contributed by atoms with E-state index in [-0.39, 0.29) is 19.8 Å². The molecule has 0 radical (unpaired) electrons. The summed E-state index contributed by atoms with van der Waals surface area (Å²) >= 11 is 0. The summed E-state index contributed by atoms with van der Waals surface area (Å²) in [6, 6.07) is 0. The molecule has 0 aromatic carbocycles. The molecule has 1 rings (SSSR count). The third-order valence-electron chi connectivity index (χ3n) is 4.70. The van der Waals surface area contributed by atoms with Gasteiger partial charge in [0.15, 0.2) is 12.4 Å². The SMILES string of the molecule is CCCCCCCCCC1=NCC[N+]1(CCOCC(=O)O)CC(=O)O. The van der Waals surface area contributed by atoms with Crippen molar-refractivity contribution in [1.29, 1.82) is 0 Å². The molecule has 0 spiro atoms. The Kier molecular flexibility index (Phi) is 10.3. The summed E-state index contributed by atoms with van der Waals surface area (Å²) in [5.74, 6) is -0.926. The Hall–Kier alpha value is -1.47. The van der Waals surface area contributed by atoms with E-state index in [1.165, 1.54) is 32.1 Å². The molecule has 0 saturated heterocycles. The number of amidine groups is 1. The average molecular weight is 357 g/mol. The van der Waals surface area contributed by atoms with E-state index in [0.29, 0.717) is 24.1 Å². The van der Waals surface area contributed by atoms with Gasteiger partial charge in [-0.2, -0.15) is 0 Å². The molecule has 1 aliphatic heterocycles. The van der Waals surface area contributed by atoms with Crippen molar-refractivity contribution >= 4 is 17.8 Å². The molecule has 7 heteroatoms. The van der Waals surface area contributed by atoms with E-state index in [0.717, 1.165) is 25.1 Å². The van der Waals surface area contributed by atoms with Crippen molar-refractivity contribution in [2.24, 2.45) is 4.99 Å². The zero-order valence-electron chi connectivity index (χ0n) is 15.4. The number of carboxylic acids is 2. The minimum Gasteiger partial charge on any atom is -0.480 e. The molecule has 1 aliphatic rings. The minimum atomic E-state index is -1.01. The quantitative estimate of drug-likeness (QED) is 0.347. The first-order valence-corrected chi connectivity index (χ1v) is 9.41. The maximum atomic E-state index is 11.3. The molecule has 1 heterocycles. The first-order chi connectivity index (χ1) is 12.0. The number of hydrogen-bond donors (Lipinski definition) is 2. The van der Waals surface area contributed by atoms with Crippen molar-refractivity contribution in [1.82, 2.24) is 0 Å². The maximum absolute atomic E-state index is 11.3. The highest BCUT2D eigenvalue weighted by Crippen LogP contribution is 2.20. The summed E-state index contributed by atoms with van der Waals surface area (Å²) in [4.78, 5) is 26.4. The van der Waals surface area contributed by atoms with Crippen molar-refractivity contribution in [3.05, 3.63) is 0 Å². The molecular weight excluding hydrogens is 324 g/mol. The lowest BCUT2D eigenvalue weighted by atomic mass is 10.1. The number of carboxylic acid groups (broad SMARTS) is 2. The van der Waals surface area contributed by atoms with Gasteiger partial charge in [-0.1, -0.05) is 45.4 Å². The fourth-order valence-electron chi connectivity index (χ4n) is 3.35. The Bertz CT molecular complexity index is 453. The summed E-state index contributed by atoms with van der Waals surface area (Å²) in [5.41, 5.74) is 0. The van der Waals surface area contributed by atoms with Crippen molar-refractivity contribution in [3.63, 3.8) is 0 Å². The number of aliphatic carboxylic acids is 2. The number of nitrogens with zero attached hydrogens (tertiary/aromatic N) is 2. The second-order valence-corrected chi connectivity index (χ2v) is 6.76. The van der Waals surface area contributed by atoms with Crippen LogP contribution in [0.3, 0.4) is 0 Å². The number of aliphatic imine (C=N–C) groups is 1. The first kappa shape index (κ1) is 21.6. The fourth-order valence-corrected chi connectivity index (χ4v) is 3.35. The normalized spacial score (nSPS) is 19.8. The van der Waals surface area contributed by atoms with Gasteiger partial charge in [0, 0.05) is 6.42 Å². The van der Waals surface area contributed by atoms with E-state index < -0.39 is 11.9 Å². The summed E-state index contributed by atoms with van der Waals surface area (Å²) in [6.45, 7) is 3.85. The third-order valence-corrected chi connectivity index (χ3v) is 4.70. The van der Waals surface area contributed by atoms with Crippen LogP contribution in [0.2, 0.25) is 0 Å². The smallest absolute Gasteiger partial charge is 0.359 e. The van der Waals surface area contributed by atoms with Gasteiger partial charge in [-0.3, -0.25) is 4.48 Å². The Labute approximate surface area is 150 Å². The van der Waals surface area contributed by atoms with Gasteiger partial charge in [0.05, 0.1) is 13.2 Å². The predicted molar refractivity (Wildman–Crippen MR) is 95.9 cm³/mol. The van der Waals surface area contributed by atoms with Crippen LogP contribution in [-0.2, 0) is 14.3 Å². The lowest BCUT2D eigenvalue weighted by Gasteiger charge is -2.33. The van der Waals surface area contributed by atoms with Crippen molar-refractivity contribution < 1.29 is 29.0 Å². The predicted octanol–water partition coefficient (Wildman–Crippen LogP) is 2.54. The number of quaternary nitrogens is 1. The molecule has 25 heavy (non-hydrogen) atoms. The van der Waals surface area contributed by atoms with Gasteiger partial charge in [-0.15, -0.1) is 0 Å². The minimum absolute atomic E-state index is 0.00817. The highest BCUT2D eigenvalue weighted by molar-refractivity contribution is 5.80. The summed E-state index contributed by atoms with van der Waals surface area (Å²) in [5, 5.41) is 17.9. The van der Waals surface area contributed by atoms with Crippen LogP contribution in [0.15, 0.2) is 4.99 Å². The monoisotopic (exact) mass is 357 g/mol. The standard InChI is InChI=1S/C18H32N2O5/c1-2-3-4-5-6-7-8-9-16-19-10-11-20(16,14-17(21)22)12-13-25-15-18(23)24/h2-15H2,1H3,(H-,21,22,23,24)/p+1.